The molecule has 0 aliphatic rings. The van der Waals surface area contributed by atoms with Gasteiger partial charge in [0.05, 0.1) is 10.6 Å². The third-order valence-corrected chi connectivity index (χ3v) is 6.56. The number of aliphatic carboxylic acids is 1. The summed E-state index contributed by atoms with van der Waals surface area (Å²) in [4.78, 5) is 24.4. The first-order valence-electron chi connectivity index (χ1n) is 12.3. The minimum atomic E-state index is -1.11. The number of aromatic hydroxyl groups is 1. The average molecular weight is 529 g/mol. The molecule has 0 unspecified atom stereocenters. The molecule has 4 rings (SSSR count). The standard InChI is InChI=1S/C31H29ClN2O4/c32-28-7-2-1-6-27(28)30(36)34-29(31(37)38)19-22-8-12-24(13-9-22)25-5-3-4-23(18-25)20-33-17-16-21-10-14-26(35)15-11-21/h1-15,18,29,33,35H,16-17,19-20H2,(H,34,36)(H,37,38)/t29-/m0/s1. The number of carboxylic acid groups (broad SMARTS) is 1. The van der Waals surface area contributed by atoms with Gasteiger partial charge in [-0.1, -0.05) is 78.3 Å². The molecule has 1 atom stereocenters. The molecule has 0 spiro atoms. The third kappa shape index (κ3) is 7.44. The van der Waals surface area contributed by atoms with Gasteiger partial charge in [-0.25, -0.2) is 4.79 Å². The van der Waals surface area contributed by atoms with E-state index in [4.69, 9.17) is 11.6 Å². The fourth-order valence-electron chi connectivity index (χ4n) is 4.14. The summed E-state index contributed by atoms with van der Waals surface area (Å²) in [6, 6.07) is 28.7. The predicted octanol–water partition coefficient (Wildman–Crippen LogP) is 5.47. The Bertz CT molecular complexity index is 1390. The van der Waals surface area contributed by atoms with Gasteiger partial charge < -0.3 is 20.8 Å². The van der Waals surface area contributed by atoms with Crippen LogP contribution in [0, 0.1) is 0 Å². The first kappa shape index (κ1) is 26.9. The van der Waals surface area contributed by atoms with Gasteiger partial charge in [0.1, 0.15) is 11.8 Å². The Hall–Kier alpha value is -4.13. The molecule has 1 amide bonds. The summed E-state index contributed by atoms with van der Waals surface area (Å²) < 4.78 is 0. The molecule has 0 aliphatic carbocycles. The number of carbonyl (C=O) groups is 2. The molecule has 0 saturated carbocycles. The zero-order valence-corrected chi connectivity index (χ0v) is 21.5. The maximum atomic E-state index is 12.5. The van der Waals surface area contributed by atoms with E-state index in [1.165, 1.54) is 0 Å². The van der Waals surface area contributed by atoms with E-state index in [0.717, 1.165) is 47.3 Å². The van der Waals surface area contributed by atoms with Crippen molar-refractivity contribution in [1.82, 2.24) is 10.6 Å². The SMILES string of the molecule is O=C(N[C@@H](Cc1ccc(-c2cccc(CNCCc3ccc(O)cc3)c2)cc1)C(=O)O)c1ccccc1Cl. The first-order chi connectivity index (χ1) is 18.4. The number of benzene rings is 4. The summed E-state index contributed by atoms with van der Waals surface area (Å²) in [7, 11) is 0. The molecule has 194 valence electrons. The third-order valence-electron chi connectivity index (χ3n) is 6.23. The number of hydrogen-bond acceptors (Lipinski definition) is 4. The van der Waals surface area contributed by atoms with Gasteiger partial charge in [0, 0.05) is 13.0 Å². The highest BCUT2D eigenvalue weighted by Crippen LogP contribution is 2.22. The Morgan fingerprint density at radius 3 is 2.21 bits per heavy atom. The second kappa shape index (κ2) is 12.9. The number of nitrogens with one attached hydrogen (secondary N) is 2. The lowest BCUT2D eigenvalue weighted by molar-refractivity contribution is -0.139. The monoisotopic (exact) mass is 528 g/mol. The highest BCUT2D eigenvalue weighted by molar-refractivity contribution is 6.33. The molecule has 38 heavy (non-hydrogen) atoms. The smallest absolute Gasteiger partial charge is 0.326 e. The van der Waals surface area contributed by atoms with Crippen molar-refractivity contribution in [1.29, 1.82) is 0 Å². The van der Waals surface area contributed by atoms with Gasteiger partial charge in [-0.05, 0) is 71.1 Å². The fourth-order valence-corrected chi connectivity index (χ4v) is 4.36. The molecule has 4 aromatic carbocycles. The molecule has 7 heteroatoms. The van der Waals surface area contributed by atoms with Crippen molar-refractivity contribution >= 4 is 23.5 Å². The van der Waals surface area contributed by atoms with Crippen LogP contribution in [0.4, 0.5) is 0 Å². The van der Waals surface area contributed by atoms with Gasteiger partial charge in [-0.2, -0.15) is 0 Å². The van der Waals surface area contributed by atoms with Crippen molar-refractivity contribution in [2.75, 3.05) is 6.54 Å². The van der Waals surface area contributed by atoms with Gasteiger partial charge >= 0.3 is 5.97 Å². The summed E-state index contributed by atoms with van der Waals surface area (Å²) in [6.45, 7) is 1.55. The van der Waals surface area contributed by atoms with Crippen molar-refractivity contribution in [3.8, 4) is 16.9 Å². The summed E-state index contributed by atoms with van der Waals surface area (Å²) in [5, 5.41) is 25.4. The van der Waals surface area contributed by atoms with E-state index in [1.54, 1.807) is 36.4 Å². The Balaban J connectivity index is 1.34. The van der Waals surface area contributed by atoms with Crippen LogP contribution in [0.25, 0.3) is 11.1 Å². The quantitative estimate of drug-likeness (QED) is 0.193. The van der Waals surface area contributed by atoms with Crippen molar-refractivity contribution in [2.24, 2.45) is 0 Å². The van der Waals surface area contributed by atoms with E-state index in [9.17, 15) is 19.8 Å². The lowest BCUT2D eigenvalue weighted by atomic mass is 9.99. The second-order valence-corrected chi connectivity index (χ2v) is 9.45. The van der Waals surface area contributed by atoms with E-state index >= 15 is 0 Å². The second-order valence-electron chi connectivity index (χ2n) is 9.04. The van der Waals surface area contributed by atoms with Gasteiger partial charge in [0.15, 0.2) is 0 Å². The number of hydrogen-bond donors (Lipinski definition) is 4. The van der Waals surface area contributed by atoms with Gasteiger partial charge in [-0.3, -0.25) is 4.79 Å². The van der Waals surface area contributed by atoms with Crippen molar-refractivity contribution in [3.05, 3.63) is 124 Å². The average Bonchev–Trinajstić information content (AvgIpc) is 2.92. The summed E-state index contributed by atoms with van der Waals surface area (Å²) >= 11 is 6.07. The lowest BCUT2D eigenvalue weighted by Crippen LogP contribution is -2.42. The van der Waals surface area contributed by atoms with Crippen LogP contribution in [0.1, 0.15) is 27.0 Å². The first-order valence-corrected chi connectivity index (χ1v) is 12.7. The molecule has 4 aromatic rings. The molecule has 0 aliphatic heterocycles. The van der Waals surface area contributed by atoms with Crippen LogP contribution in [0.2, 0.25) is 5.02 Å². The summed E-state index contributed by atoms with van der Waals surface area (Å²) in [6.07, 6.45) is 1.02. The van der Waals surface area contributed by atoms with Crippen LogP contribution < -0.4 is 10.6 Å². The van der Waals surface area contributed by atoms with E-state index in [2.05, 4.69) is 22.8 Å². The molecular weight excluding hydrogens is 500 g/mol. The number of phenols is 1. The van der Waals surface area contributed by atoms with E-state index < -0.39 is 17.9 Å². The number of amides is 1. The van der Waals surface area contributed by atoms with Crippen molar-refractivity contribution < 1.29 is 19.8 Å². The van der Waals surface area contributed by atoms with Crippen LogP contribution in [-0.4, -0.2) is 34.7 Å². The normalized spacial score (nSPS) is 11.6. The molecular formula is C31H29ClN2O4. The van der Waals surface area contributed by atoms with Crippen molar-refractivity contribution in [3.63, 3.8) is 0 Å². The van der Waals surface area contributed by atoms with Gasteiger partial charge in [-0.15, -0.1) is 0 Å². The van der Waals surface area contributed by atoms with E-state index in [-0.39, 0.29) is 22.8 Å². The Labute approximate surface area is 226 Å². The van der Waals surface area contributed by atoms with Crippen LogP contribution in [0.5, 0.6) is 5.75 Å². The molecule has 0 aromatic heterocycles. The molecule has 4 N–H and O–H groups in total. The topological polar surface area (TPSA) is 98.7 Å². The minimum Gasteiger partial charge on any atom is -0.508 e. The molecule has 0 heterocycles. The molecule has 0 fully saturated rings. The maximum Gasteiger partial charge on any atom is 0.326 e. The fraction of sp³-hybridized carbons (Fsp3) is 0.161. The molecule has 0 bridgehead atoms. The zero-order valence-electron chi connectivity index (χ0n) is 20.7. The number of halogens is 1. The molecule has 6 nitrogen and oxygen atoms in total. The minimum absolute atomic E-state index is 0.150. The van der Waals surface area contributed by atoms with E-state index in [1.807, 2.05) is 48.5 Å². The van der Waals surface area contributed by atoms with Gasteiger partial charge in [0.25, 0.3) is 5.91 Å². The van der Waals surface area contributed by atoms with E-state index in [0.29, 0.717) is 0 Å². The van der Waals surface area contributed by atoms with Crippen LogP contribution >= 0.6 is 11.6 Å². The highest BCUT2D eigenvalue weighted by atomic mass is 35.5. The summed E-state index contributed by atoms with van der Waals surface area (Å²) in [5.41, 5.74) is 5.45. The molecule has 0 radical (unpaired) electrons. The van der Waals surface area contributed by atoms with Crippen LogP contribution in [0.3, 0.4) is 0 Å². The lowest BCUT2D eigenvalue weighted by Gasteiger charge is -2.15. The largest absolute Gasteiger partial charge is 0.508 e. The van der Waals surface area contributed by atoms with Gasteiger partial charge in [0.2, 0.25) is 0 Å². The zero-order chi connectivity index (χ0) is 26.9. The van der Waals surface area contributed by atoms with Crippen LogP contribution in [-0.2, 0) is 24.2 Å². The Morgan fingerprint density at radius 1 is 0.789 bits per heavy atom. The maximum absolute atomic E-state index is 12.5. The Morgan fingerprint density at radius 2 is 1.50 bits per heavy atom. The Kier molecular flexibility index (Phi) is 9.14. The highest BCUT2D eigenvalue weighted by Gasteiger charge is 2.22. The van der Waals surface area contributed by atoms with Crippen LogP contribution in [0.15, 0.2) is 97.1 Å². The number of rotatable bonds is 11. The number of phenolic OH excluding ortho intramolecular Hbond substituents is 1. The van der Waals surface area contributed by atoms with Crippen molar-refractivity contribution in [2.45, 2.75) is 25.4 Å². The molecule has 0 saturated heterocycles. The predicted molar refractivity (Wildman–Crippen MR) is 149 cm³/mol. The number of carbonyl (C=O) groups excluding carboxylic acids is 1. The summed E-state index contributed by atoms with van der Waals surface area (Å²) in [5.74, 6) is -1.36. The number of carboxylic acids is 1.